The summed E-state index contributed by atoms with van der Waals surface area (Å²) in [7, 11) is 0. The third-order valence-electron chi connectivity index (χ3n) is 3.88. The van der Waals surface area contributed by atoms with Crippen LogP contribution in [0.5, 0.6) is 0 Å². The van der Waals surface area contributed by atoms with Gasteiger partial charge in [0.25, 0.3) is 0 Å². The molecule has 1 saturated carbocycles. The van der Waals surface area contributed by atoms with E-state index in [0.29, 0.717) is 24.9 Å². The lowest BCUT2D eigenvalue weighted by molar-refractivity contribution is -0.144. The third kappa shape index (κ3) is 3.59. The Morgan fingerprint density at radius 3 is 2.44 bits per heavy atom. The molecule has 2 heteroatoms. The Bertz CT molecular complexity index is 364. The first-order chi connectivity index (χ1) is 8.79. The number of esters is 1. The van der Waals surface area contributed by atoms with Crippen molar-refractivity contribution in [2.75, 3.05) is 6.61 Å². The van der Waals surface area contributed by atoms with Gasteiger partial charge in [0.2, 0.25) is 0 Å². The summed E-state index contributed by atoms with van der Waals surface area (Å²) >= 11 is 0. The molecule has 0 heterocycles. The van der Waals surface area contributed by atoms with Gasteiger partial charge in [-0.1, -0.05) is 30.3 Å². The zero-order chi connectivity index (χ0) is 12.8. The molecule has 0 amide bonds. The number of hydrogen-bond acceptors (Lipinski definition) is 2. The van der Waals surface area contributed by atoms with Gasteiger partial charge in [-0.2, -0.15) is 0 Å². The van der Waals surface area contributed by atoms with Crippen molar-refractivity contribution in [1.29, 1.82) is 0 Å². The van der Waals surface area contributed by atoms with Crippen LogP contribution in [0, 0.1) is 5.92 Å². The average Bonchev–Trinajstić information content (AvgIpc) is 2.41. The number of hydrogen-bond donors (Lipinski definition) is 0. The number of benzene rings is 1. The minimum absolute atomic E-state index is 0.0272. The van der Waals surface area contributed by atoms with E-state index < -0.39 is 0 Å². The molecule has 0 bridgehead atoms. The molecule has 98 valence electrons. The molecule has 0 spiro atoms. The standard InChI is InChI=1S/C16H22O2/c1-2-18-16(17)12-13-8-10-15(11-9-13)14-6-4-3-5-7-14/h3-7,13,15H,2,8-12H2,1H3. The lowest BCUT2D eigenvalue weighted by Crippen LogP contribution is -2.17. The van der Waals surface area contributed by atoms with Crippen LogP contribution < -0.4 is 0 Å². The van der Waals surface area contributed by atoms with Gasteiger partial charge in [0.15, 0.2) is 0 Å². The zero-order valence-electron chi connectivity index (χ0n) is 11.1. The summed E-state index contributed by atoms with van der Waals surface area (Å²) in [5.41, 5.74) is 1.45. The van der Waals surface area contributed by atoms with Gasteiger partial charge >= 0.3 is 5.97 Å². The summed E-state index contributed by atoms with van der Waals surface area (Å²) in [4.78, 5) is 11.4. The van der Waals surface area contributed by atoms with E-state index in [1.165, 1.54) is 18.4 Å². The first kappa shape index (κ1) is 13.1. The molecule has 2 rings (SSSR count). The number of ether oxygens (including phenoxy) is 1. The fourth-order valence-electron chi connectivity index (χ4n) is 2.88. The quantitative estimate of drug-likeness (QED) is 0.753. The first-order valence-electron chi connectivity index (χ1n) is 7.00. The summed E-state index contributed by atoms with van der Waals surface area (Å²) in [5, 5.41) is 0. The van der Waals surface area contributed by atoms with Crippen molar-refractivity contribution >= 4 is 5.97 Å². The van der Waals surface area contributed by atoms with Crippen LogP contribution in [0.25, 0.3) is 0 Å². The molecule has 0 radical (unpaired) electrons. The van der Waals surface area contributed by atoms with Gasteiger partial charge in [0.1, 0.15) is 0 Å². The number of carbonyl (C=O) groups is 1. The Morgan fingerprint density at radius 1 is 1.17 bits per heavy atom. The van der Waals surface area contributed by atoms with Gasteiger partial charge in [0, 0.05) is 6.42 Å². The monoisotopic (exact) mass is 246 g/mol. The van der Waals surface area contributed by atoms with Gasteiger partial charge in [-0.15, -0.1) is 0 Å². The highest BCUT2D eigenvalue weighted by atomic mass is 16.5. The van der Waals surface area contributed by atoms with E-state index in [1.807, 2.05) is 6.92 Å². The predicted octanol–water partition coefficient (Wildman–Crippen LogP) is 3.91. The maximum absolute atomic E-state index is 11.4. The molecule has 1 aliphatic rings. The Balaban J connectivity index is 1.80. The molecule has 18 heavy (non-hydrogen) atoms. The maximum atomic E-state index is 11.4. The Kier molecular flexibility index (Phi) is 4.80. The molecule has 0 aliphatic heterocycles. The zero-order valence-corrected chi connectivity index (χ0v) is 11.1. The van der Waals surface area contributed by atoms with Crippen molar-refractivity contribution in [2.24, 2.45) is 5.92 Å². The number of rotatable bonds is 4. The van der Waals surface area contributed by atoms with Crippen LogP contribution >= 0.6 is 0 Å². The molecule has 0 atom stereocenters. The van der Waals surface area contributed by atoms with E-state index in [9.17, 15) is 4.79 Å². The lowest BCUT2D eigenvalue weighted by Gasteiger charge is -2.28. The Labute approximate surface area is 109 Å². The second-order valence-electron chi connectivity index (χ2n) is 5.14. The highest BCUT2D eigenvalue weighted by Gasteiger charge is 2.24. The second kappa shape index (κ2) is 6.58. The summed E-state index contributed by atoms with van der Waals surface area (Å²) in [6.45, 7) is 2.36. The summed E-state index contributed by atoms with van der Waals surface area (Å²) < 4.78 is 5.02. The molecule has 1 aliphatic carbocycles. The molecule has 1 fully saturated rings. The predicted molar refractivity (Wildman–Crippen MR) is 72.4 cm³/mol. The van der Waals surface area contributed by atoms with Crippen molar-refractivity contribution in [3.05, 3.63) is 35.9 Å². The Hall–Kier alpha value is -1.31. The van der Waals surface area contributed by atoms with Gasteiger partial charge in [-0.3, -0.25) is 4.79 Å². The molecule has 1 aromatic carbocycles. The highest BCUT2D eigenvalue weighted by molar-refractivity contribution is 5.69. The van der Waals surface area contributed by atoms with Gasteiger partial charge in [0.05, 0.1) is 6.61 Å². The van der Waals surface area contributed by atoms with Gasteiger partial charge < -0.3 is 4.74 Å². The summed E-state index contributed by atoms with van der Waals surface area (Å²) in [5.74, 6) is 1.19. The molecular formula is C16H22O2. The van der Waals surface area contributed by atoms with Crippen LogP contribution in [-0.2, 0) is 9.53 Å². The van der Waals surface area contributed by atoms with E-state index in [0.717, 1.165) is 12.8 Å². The fourth-order valence-corrected chi connectivity index (χ4v) is 2.88. The van der Waals surface area contributed by atoms with Crippen LogP contribution in [0.4, 0.5) is 0 Å². The van der Waals surface area contributed by atoms with E-state index in [-0.39, 0.29) is 5.97 Å². The number of carbonyl (C=O) groups excluding carboxylic acids is 1. The first-order valence-corrected chi connectivity index (χ1v) is 7.00. The molecule has 0 unspecified atom stereocenters. The molecule has 0 N–H and O–H groups in total. The maximum Gasteiger partial charge on any atom is 0.306 e. The van der Waals surface area contributed by atoms with Crippen molar-refractivity contribution in [1.82, 2.24) is 0 Å². The van der Waals surface area contributed by atoms with Crippen LogP contribution in [0.15, 0.2) is 30.3 Å². The average molecular weight is 246 g/mol. The summed E-state index contributed by atoms with van der Waals surface area (Å²) in [6.07, 6.45) is 5.31. The molecular weight excluding hydrogens is 224 g/mol. The summed E-state index contributed by atoms with van der Waals surface area (Å²) in [6, 6.07) is 10.7. The van der Waals surface area contributed by atoms with Gasteiger partial charge in [-0.25, -0.2) is 0 Å². The largest absolute Gasteiger partial charge is 0.466 e. The van der Waals surface area contributed by atoms with E-state index in [1.54, 1.807) is 0 Å². The lowest BCUT2D eigenvalue weighted by atomic mass is 9.77. The normalized spacial score (nSPS) is 23.6. The van der Waals surface area contributed by atoms with E-state index in [4.69, 9.17) is 4.74 Å². The minimum atomic E-state index is -0.0272. The van der Waals surface area contributed by atoms with Crippen LogP contribution in [0.1, 0.15) is 50.5 Å². The van der Waals surface area contributed by atoms with E-state index >= 15 is 0 Å². The minimum Gasteiger partial charge on any atom is -0.466 e. The molecule has 2 nitrogen and oxygen atoms in total. The van der Waals surface area contributed by atoms with E-state index in [2.05, 4.69) is 30.3 Å². The SMILES string of the molecule is CCOC(=O)CC1CCC(c2ccccc2)CC1. The van der Waals surface area contributed by atoms with Crippen molar-refractivity contribution in [3.8, 4) is 0 Å². The van der Waals surface area contributed by atoms with Crippen molar-refractivity contribution < 1.29 is 9.53 Å². The second-order valence-corrected chi connectivity index (χ2v) is 5.14. The van der Waals surface area contributed by atoms with Gasteiger partial charge in [-0.05, 0) is 50.0 Å². The molecule has 1 aromatic rings. The molecule has 0 aromatic heterocycles. The van der Waals surface area contributed by atoms with Crippen molar-refractivity contribution in [2.45, 2.75) is 44.9 Å². The van der Waals surface area contributed by atoms with Crippen LogP contribution in [0.3, 0.4) is 0 Å². The fraction of sp³-hybridized carbons (Fsp3) is 0.562. The smallest absolute Gasteiger partial charge is 0.306 e. The van der Waals surface area contributed by atoms with Crippen LogP contribution in [0.2, 0.25) is 0 Å². The van der Waals surface area contributed by atoms with Crippen molar-refractivity contribution in [3.63, 3.8) is 0 Å². The third-order valence-corrected chi connectivity index (χ3v) is 3.88. The topological polar surface area (TPSA) is 26.3 Å². The molecule has 0 saturated heterocycles. The highest BCUT2D eigenvalue weighted by Crippen LogP contribution is 2.36. The van der Waals surface area contributed by atoms with Crippen LogP contribution in [-0.4, -0.2) is 12.6 Å². The Morgan fingerprint density at radius 2 is 1.83 bits per heavy atom.